The minimum absolute atomic E-state index is 0.00315. The lowest BCUT2D eigenvalue weighted by molar-refractivity contribution is -0.121. The molecule has 17 heavy (non-hydrogen) atoms. The first-order valence-corrected chi connectivity index (χ1v) is 6.72. The van der Waals surface area contributed by atoms with E-state index in [0.29, 0.717) is 18.0 Å². The third kappa shape index (κ3) is 6.06. The van der Waals surface area contributed by atoms with E-state index in [9.17, 15) is 4.79 Å². The van der Waals surface area contributed by atoms with Crippen molar-refractivity contribution in [1.82, 2.24) is 10.6 Å². The molecule has 1 amide bonds. The first-order valence-electron chi connectivity index (χ1n) is 6.72. The Morgan fingerprint density at radius 1 is 1.35 bits per heavy atom. The molecule has 1 saturated carbocycles. The fraction of sp³-hybridized carbons (Fsp3) is 0.929. The van der Waals surface area contributed by atoms with Crippen molar-refractivity contribution in [2.24, 2.45) is 5.41 Å². The number of nitrogens with one attached hydrogen (secondary N) is 2. The van der Waals surface area contributed by atoms with Gasteiger partial charge < -0.3 is 10.6 Å². The van der Waals surface area contributed by atoms with Crippen LogP contribution in [-0.4, -0.2) is 24.0 Å². The highest BCUT2D eigenvalue weighted by Crippen LogP contribution is 2.34. The monoisotopic (exact) mass is 240 g/mol. The number of amides is 1. The van der Waals surface area contributed by atoms with E-state index in [0.717, 1.165) is 12.8 Å². The van der Waals surface area contributed by atoms with E-state index < -0.39 is 0 Å². The average molecular weight is 240 g/mol. The summed E-state index contributed by atoms with van der Waals surface area (Å²) >= 11 is 0. The summed E-state index contributed by atoms with van der Waals surface area (Å²) in [6.45, 7) is 11.2. The minimum atomic E-state index is 0.00315. The molecule has 1 rings (SSSR count). The van der Waals surface area contributed by atoms with Gasteiger partial charge in [0.1, 0.15) is 0 Å². The fourth-order valence-corrected chi connectivity index (χ4v) is 2.45. The normalized spacial score (nSPS) is 24.4. The predicted molar refractivity (Wildman–Crippen MR) is 71.9 cm³/mol. The molecule has 0 aromatic carbocycles. The molecule has 0 aromatic heterocycles. The maximum absolute atomic E-state index is 11.8. The van der Waals surface area contributed by atoms with Crippen molar-refractivity contribution in [2.75, 3.05) is 6.54 Å². The average Bonchev–Trinajstić information content (AvgIpc) is 2.12. The van der Waals surface area contributed by atoms with Crippen LogP contribution < -0.4 is 10.6 Å². The molecule has 1 aliphatic rings. The molecule has 3 nitrogen and oxygen atoms in total. The Morgan fingerprint density at radius 3 is 2.53 bits per heavy atom. The van der Waals surface area contributed by atoms with Gasteiger partial charge in [-0.2, -0.15) is 0 Å². The van der Waals surface area contributed by atoms with Crippen LogP contribution in [0.5, 0.6) is 0 Å². The topological polar surface area (TPSA) is 41.1 Å². The molecule has 0 radical (unpaired) electrons. The first kappa shape index (κ1) is 14.5. The summed E-state index contributed by atoms with van der Waals surface area (Å²) in [5.74, 6) is 0.127. The smallest absolute Gasteiger partial charge is 0.234 e. The molecule has 2 N–H and O–H groups in total. The molecule has 0 spiro atoms. The molecule has 1 aliphatic carbocycles. The van der Waals surface area contributed by atoms with Gasteiger partial charge in [0.25, 0.3) is 0 Å². The van der Waals surface area contributed by atoms with E-state index in [-0.39, 0.29) is 11.4 Å². The molecule has 1 unspecified atom stereocenters. The molecule has 0 bridgehead atoms. The van der Waals surface area contributed by atoms with Crippen molar-refractivity contribution in [3.8, 4) is 0 Å². The molecular formula is C14H28N2O. The molecule has 0 heterocycles. The Kier molecular flexibility index (Phi) is 4.59. The largest absolute Gasteiger partial charge is 0.352 e. The zero-order chi connectivity index (χ0) is 13.1. The molecule has 3 heteroatoms. The number of hydrogen-bond donors (Lipinski definition) is 2. The maximum atomic E-state index is 11.8. The van der Waals surface area contributed by atoms with E-state index in [4.69, 9.17) is 0 Å². The van der Waals surface area contributed by atoms with Gasteiger partial charge in [-0.15, -0.1) is 0 Å². The van der Waals surface area contributed by atoms with Gasteiger partial charge in [-0.3, -0.25) is 4.79 Å². The Labute approximate surface area is 106 Å². The number of hydrogen-bond acceptors (Lipinski definition) is 2. The lowest BCUT2D eigenvalue weighted by Crippen LogP contribution is -2.47. The molecule has 0 aromatic rings. The summed E-state index contributed by atoms with van der Waals surface area (Å²) in [5.41, 5.74) is 0.386. The second-order valence-electron chi connectivity index (χ2n) is 7.13. The Hall–Kier alpha value is -0.570. The Morgan fingerprint density at radius 2 is 2.00 bits per heavy atom. The summed E-state index contributed by atoms with van der Waals surface area (Å²) in [6, 6.07) is 0.369. The summed E-state index contributed by atoms with van der Waals surface area (Å²) < 4.78 is 0. The quantitative estimate of drug-likeness (QED) is 0.795. The summed E-state index contributed by atoms with van der Waals surface area (Å²) in [4.78, 5) is 11.8. The van der Waals surface area contributed by atoms with Gasteiger partial charge in [-0.05, 0) is 45.4 Å². The summed E-state index contributed by atoms with van der Waals surface area (Å²) in [5, 5.41) is 6.37. The highest BCUT2D eigenvalue weighted by Gasteiger charge is 2.28. The van der Waals surface area contributed by atoms with Crippen LogP contribution in [0, 0.1) is 5.41 Å². The van der Waals surface area contributed by atoms with Crippen molar-refractivity contribution in [3.05, 3.63) is 0 Å². The van der Waals surface area contributed by atoms with E-state index in [1.165, 1.54) is 12.8 Å². The Balaban J connectivity index is 2.31. The number of rotatable bonds is 3. The van der Waals surface area contributed by atoms with Crippen LogP contribution in [0.4, 0.5) is 0 Å². The number of carbonyl (C=O) groups excluding carboxylic acids is 1. The van der Waals surface area contributed by atoms with Crippen LogP contribution in [0.15, 0.2) is 0 Å². The number of carbonyl (C=O) groups is 1. The minimum Gasteiger partial charge on any atom is -0.352 e. The van der Waals surface area contributed by atoms with Crippen LogP contribution >= 0.6 is 0 Å². The predicted octanol–water partition coefficient (Wildman–Crippen LogP) is 2.46. The first-order chi connectivity index (χ1) is 7.68. The van der Waals surface area contributed by atoms with Crippen molar-refractivity contribution in [3.63, 3.8) is 0 Å². The van der Waals surface area contributed by atoms with Gasteiger partial charge in [-0.1, -0.05) is 20.3 Å². The zero-order valence-corrected chi connectivity index (χ0v) is 12.0. The summed E-state index contributed by atoms with van der Waals surface area (Å²) in [6.07, 6.45) is 4.74. The summed E-state index contributed by atoms with van der Waals surface area (Å²) in [7, 11) is 0. The van der Waals surface area contributed by atoms with E-state index in [1.807, 2.05) is 0 Å². The molecule has 100 valence electrons. The van der Waals surface area contributed by atoms with Crippen LogP contribution in [0.25, 0.3) is 0 Å². The standard InChI is InChI=1S/C14H28N2O/c1-13(2,3)15-10-12(17)16-11-7-6-8-14(4,5)9-11/h11,15H,6-10H2,1-5H3,(H,16,17). The SMILES string of the molecule is CC1(C)CCCC(NC(=O)CNC(C)(C)C)C1. The maximum Gasteiger partial charge on any atom is 0.234 e. The third-order valence-corrected chi connectivity index (χ3v) is 3.35. The second-order valence-corrected chi connectivity index (χ2v) is 7.13. The van der Waals surface area contributed by atoms with Crippen molar-refractivity contribution in [1.29, 1.82) is 0 Å². The van der Waals surface area contributed by atoms with Gasteiger partial charge in [0.15, 0.2) is 0 Å². The third-order valence-electron chi connectivity index (χ3n) is 3.35. The van der Waals surface area contributed by atoms with Gasteiger partial charge in [0.2, 0.25) is 5.91 Å². The van der Waals surface area contributed by atoms with Crippen LogP contribution in [0.2, 0.25) is 0 Å². The van der Waals surface area contributed by atoms with E-state index in [2.05, 4.69) is 45.3 Å². The van der Waals surface area contributed by atoms with Gasteiger partial charge in [-0.25, -0.2) is 0 Å². The van der Waals surface area contributed by atoms with Crippen molar-refractivity contribution >= 4 is 5.91 Å². The molecule has 0 saturated heterocycles. The van der Waals surface area contributed by atoms with E-state index in [1.54, 1.807) is 0 Å². The Bertz CT molecular complexity index is 266. The molecule has 0 aliphatic heterocycles. The zero-order valence-electron chi connectivity index (χ0n) is 12.0. The van der Waals surface area contributed by atoms with Gasteiger partial charge >= 0.3 is 0 Å². The highest BCUT2D eigenvalue weighted by atomic mass is 16.2. The van der Waals surface area contributed by atoms with Crippen LogP contribution in [-0.2, 0) is 4.79 Å². The van der Waals surface area contributed by atoms with Gasteiger partial charge in [0, 0.05) is 11.6 Å². The van der Waals surface area contributed by atoms with E-state index >= 15 is 0 Å². The van der Waals surface area contributed by atoms with Crippen molar-refractivity contribution < 1.29 is 4.79 Å². The van der Waals surface area contributed by atoms with Crippen LogP contribution in [0.3, 0.4) is 0 Å². The van der Waals surface area contributed by atoms with Crippen molar-refractivity contribution in [2.45, 2.75) is 71.9 Å². The second kappa shape index (κ2) is 5.38. The lowest BCUT2D eigenvalue weighted by Gasteiger charge is -2.35. The highest BCUT2D eigenvalue weighted by molar-refractivity contribution is 5.78. The van der Waals surface area contributed by atoms with Crippen LogP contribution in [0.1, 0.15) is 60.3 Å². The fourth-order valence-electron chi connectivity index (χ4n) is 2.45. The molecule has 1 fully saturated rings. The molecular weight excluding hydrogens is 212 g/mol. The molecule has 1 atom stereocenters. The van der Waals surface area contributed by atoms with Gasteiger partial charge in [0.05, 0.1) is 6.54 Å². The lowest BCUT2D eigenvalue weighted by atomic mass is 9.75.